The van der Waals surface area contributed by atoms with Gasteiger partial charge in [-0.3, -0.25) is 9.59 Å². The van der Waals surface area contributed by atoms with E-state index in [0.717, 1.165) is 5.56 Å². The molecule has 2 atom stereocenters. The van der Waals surface area contributed by atoms with Crippen LogP contribution in [0.15, 0.2) is 30.3 Å². The first-order valence-electron chi connectivity index (χ1n) is 7.71. The molecule has 0 spiro atoms. The molecule has 0 saturated carbocycles. The molecule has 3 N–H and O–H groups in total. The summed E-state index contributed by atoms with van der Waals surface area (Å²) in [5, 5.41) is 14.3. The predicted octanol–water partition coefficient (Wildman–Crippen LogP) is 1.11. The number of carbonyl (C=O) groups is 3. The van der Waals surface area contributed by atoms with E-state index < -0.39 is 24.0 Å². The van der Waals surface area contributed by atoms with Gasteiger partial charge in [0, 0.05) is 19.8 Å². The largest absolute Gasteiger partial charge is 0.480 e. The molecule has 0 fully saturated rings. The Kier molecular flexibility index (Phi) is 8.06. The van der Waals surface area contributed by atoms with Crippen LogP contribution in [-0.4, -0.2) is 35.0 Å². The van der Waals surface area contributed by atoms with Gasteiger partial charge in [0.1, 0.15) is 12.1 Å². The Balaban J connectivity index is 2.76. The zero-order valence-electron chi connectivity index (χ0n) is 13.6. The van der Waals surface area contributed by atoms with Gasteiger partial charge in [0.2, 0.25) is 11.8 Å². The molecule has 1 rings (SSSR count). The van der Waals surface area contributed by atoms with Crippen molar-refractivity contribution in [2.45, 2.75) is 44.7 Å². The smallest absolute Gasteiger partial charge is 0.326 e. The molecule has 0 aliphatic carbocycles. The number of terminal acetylenes is 1. The first-order valence-corrected chi connectivity index (χ1v) is 7.71. The maximum atomic E-state index is 12.4. The van der Waals surface area contributed by atoms with Crippen molar-refractivity contribution in [2.75, 3.05) is 0 Å². The van der Waals surface area contributed by atoms with Crippen LogP contribution in [0.1, 0.15) is 31.7 Å². The third kappa shape index (κ3) is 6.97. The van der Waals surface area contributed by atoms with Gasteiger partial charge in [-0.25, -0.2) is 4.79 Å². The fourth-order valence-corrected chi connectivity index (χ4v) is 2.24. The molecule has 0 bridgehead atoms. The summed E-state index contributed by atoms with van der Waals surface area (Å²) in [5.41, 5.74) is 0.866. The van der Waals surface area contributed by atoms with Crippen LogP contribution in [0, 0.1) is 12.3 Å². The molecule has 0 aromatic heterocycles. The third-order valence-corrected chi connectivity index (χ3v) is 3.41. The predicted molar refractivity (Wildman–Crippen MR) is 90.0 cm³/mol. The van der Waals surface area contributed by atoms with E-state index in [1.54, 1.807) is 0 Å². The zero-order valence-corrected chi connectivity index (χ0v) is 13.6. The number of unbranched alkanes of at least 4 members (excludes halogenated alkanes) is 1. The monoisotopic (exact) mass is 330 g/mol. The lowest BCUT2D eigenvalue weighted by Crippen LogP contribution is -2.52. The van der Waals surface area contributed by atoms with E-state index in [2.05, 4.69) is 16.6 Å². The molecule has 0 aliphatic rings. The highest BCUT2D eigenvalue weighted by Crippen LogP contribution is 2.06. The summed E-state index contributed by atoms with van der Waals surface area (Å²) in [5.74, 6) is 0.429. The molecule has 0 aliphatic heterocycles. The van der Waals surface area contributed by atoms with Crippen molar-refractivity contribution in [3.05, 3.63) is 35.9 Å². The Morgan fingerprint density at radius 1 is 1.17 bits per heavy atom. The molecular formula is C18H22N2O4. The number of hydrogen-bond donors (Lipinski definition) is 3. The van der Waals surface area contributed by atoms with Crippen LogP contribution in [0.25, 0.3) is 0 Å². The Morgan fingerprint density at radius 2 is 1.83 bits per heavy atom. The molecule has 0 saturated heterocycles. The minimum Gasteiger partial charge on any atom is -0.480 e. The number of carboxylic acid groups (broad SMARTS) is 1. The summed E-state index contributed by atoms with van der Waals surface area (Å²) < 4.78 is 0. The van der Waals surface area contributed by atoms with Gasteiger partial charge < -0.3 is 15.7 Å². The van der Waals surface area contributed by atoms with E-state index in [4.69, 9.17) is 6.42 Å². The average Bonchev–Trinajstić information content (AvgIpc) is 2.53. The maximum absolute atomic E-state index is 12.4. The quantitative estimate of drug-likeness (QED) is 0.467. The van der Waals surface area contributed by atoms with Crippen LogP contribution in [-0.2, 0) is 20.8 Å². The van der Waals surface area contributed by atoms with Crippen LogP contribution in [0.3, 0.4) is 0 Å². The highest BCUT2D eigenvalue weighted by Gasteiger charge is 2.25. The zero-order chi connectivity index (χ0) is 17.9. The second-order valence-corrected chi connectivity index (χ2v) is 5.44. The lowest BCUT2D eigenvalue weighted by Gasteiger charge is -2.21. The molecular weight excluding hydrogens is 308 g/mol. The van der Waals surface area contributed by atoms with E-state index >= 15 is 0 Å². The Bertz CT molecular complexity index is 607. The van der Waals surface area contributed by atoms with E-state index in [0.29, 0.717) is 12.8 Å². The van der Waals surface area contributed by atoms with Crippen LogP contribution in [0.4, 0.5) is 0 Å². The van der Waals surface area contributed by atoms with Crippen molar-refractivity contribution >= 4 is 17.8 Å². The second-order valence-electron chi connectivity index (χ2n) is 5.44. The Labute approximate surface area is 141 Å². The van der Waals surface area contributed by atoms with Gasteiger partial charge in [-0.1, -0.05) is 30.3 Å². The number of amides is 2. The molecule has 1 aromatic carbocycles. The van der Waals surface area contributed by atoms with Gasteiger partial charge in [-0.05, 0) is 18.4 Å². The Morgan fingerprint density at radius 3 is 2.38 bits per heavy atom. The fourth-order valence-electron chi connectivity index (χ4n) is 2.24. The van der Waals surface area contributed by atoms with Crippen molar-refractivity contribution < 1.29 is 19.5 Å². The number of aliphatic carboxylic acids is 1. The van der Waals surface area contributed by atoms with E-state index in [9.17, 15) is 19.5 Å². The number of benzene rings is 1. The first-order chi connectivity index (χ1) is 11.4. The van der Waals surface area contributed by atoms with Gasteiger partial charge in [0.15, 0.2) is 0 Å². The molecule has 0 radical (unpaired) electrons. The minimum atomic E-state index is -1.12. The first kappa shape index (κ1) is 19.2. The number of hydrogen-bond acceptors (Lipinski definition) is 3. The SMILES string of the molecule is C#CCCC[C@H](NC(=O)[C@H](Cc1ccccc1)NC(C)=O)C(=O)O. The molecule has 6 heteroatoms. The van der Waals surface area contributed by atoms with Gasteiger partial charge in [0.25, 0.3) is 0 Å². The Hall–Kier alpha value is -2.81. The third-order valence-electron chi connectivity index (χ3n) is 3.41. The highest BCUT2D eigenvalue weighted by molar-refractivity contribution is 5.90. The molecule has 2 amide bonds. The van der Waals surface area contributed by atoms with Gasteiger partial charge in [0.05, 0.1) is 0 Å². The van der Waals surface area contributed by atoms with Gasteiger partial charge >= 0.3 is 5.97 Å². The lowest BCUT2D eigenvalue weighted by atomic mass is 10.0. The normalized spacial score (nSPS) is 12.5. The summed E-state index contributed by atoms with van der Waals surface area (Å²) in [4.78, 5) is 35.0. The molecule has 0 heterocycles. The number of rotatable bonds is 9. The molecule has 0 unspecified atom stereocenters. The van der Waals surface area contributed by atoms with Crippen molar-refractivity contribution in [2.24, 2.45) is 0 Å². The van der Waals surface area contributed by atoms with Gasteiger partial charge in [-0.15, -0.1) is 12.3 Å². The average molecular weight is 330 g/mol. The summed E-state index contributed by atoms with van der Waals surface area (Å²) in [7, 11) is 0. The van der Waals surface area contributed by atoms with Crippen LogP contribution in [0.5, 0.6) is 0 Å². The van der Waals surface area contributed by atoms with E-state index in [-0.39, 0.29) is 18.7 Å². The standard InChI is InChI=1S/C18H22N2O4/c1-3-4-6-11-15(18(23)24)20-17(22)16(19-13(2)21)12-14-9-7-5-8-10-14/h1,5,7-10,15-16H,4,6,11-12H2,2H3,(H,19,21)(H,20,22)(H,23,24)/t15-,16-/m0/s1. The topological polar surface area (TPSA) is 95.5 Å². The van der Waals surface area contributed by atoms with E-state index in [1.165, 1.54) is 6.92 Å². The minimum absolute atomic E-state index is 0.239. The number of carboxylic acids is 1. The van der Waals surface area contributed by atoms with Crippen molar-refractivity contribution in [1.29, 1.82) is 0 Å². The summed E-state index contributed by atoms with van der Waals surface area (Å²) in [6.07, 6.45) is 6.61. The van der Waals surface area contributed by atoms with Crippen molar-refractivity contribution in [3.8, 4) is 12.3 Å². The summed E-state index contributed by atoms with van der Waals surface area (Å²) in [6, 6.07) is 7.32. The second kappa shape index (κ2) is 10.1. The molecule has 6 nitrogen and oxygen atoms in total. The summed E-state index contributed by atoms with van der Waals surface area (Å²) in [6.45, 7) is 1.31. The lowest BCUT2D eigenvalue weighted by molar-refractivity contribution is -0.142. The van der Waals surface area contributed by atoms with Crippen LogP contribution < -0.4 is 10.6 Å². The summed E-state index contributed by atoms with van der Waals surface area (Å²) >= 11 is 0. The molecule has 128 valence electrons. The van der Waals surface area contributed by atoms with Crippen molar-refractivity contribution in [1.82, 2.24) is 10.6 Å². The van der Waals surface area contributed by atoms with Crippen LogP contribution in [0.2, 0.25) is 0 Å². The molecule has 1 aromatic rings. The highest BCUT2D eigenvalue weighted by atomic mass is 16.4. The van der Waals surface area contributed by atoms with Crippen molar-refractivity contribution in [3.63, 3.8) is 0 Å². The number of carbonyl (C=O) groups excluding carboxylic acids is 2. The number of nitrogens with one attached hydrogen (secondary N) is 2. The molecule has 24 heavy (non-hydrogen) atoms. The fraction of sp³-hybridized carbons (Fsp3) is 0.389. The van der Waals surface area contributed by atoms with Crippen LogP contribution >= 0.6 is 0 Å². The van der Waals surface area contributed by atoms with Gasteiger partial charge in [-0.2, -0.15) is 0 Å². The van der Waals surface area contributed by atoms with E-state index in [1.807, 2.05) is 30.3 Å². The maximum Gasteiger partial charge on any atom is 0.326 e.